The molecule has 0 radical (unpaired) electrons. The molecule has 9 rings (SSSR count). The summed E-state index contributed by atoms with van der Waals surface area (Å²) in [5, 5.41) is 5.26. The molecule has 0 aliphatic carbocycles. The first-order chi connectivity index (χ1) is 37.3. The molecular weight excluding hydrogens is 921 g/mol. The standard InChI is InChI=1S/C43H50O.C31H34O/c1-5-32(3)36-23-25-37(26-24-36)33(4)29-42(30-35(6-2)38-13-8-7-9-14-38)39-21-19-34(20-22-39)31-44-28-27-41-17-12-16-40-15-10-11-18-43(40)41;1-3-26(28-10-5-4-6-11-28)22-24(2)27-18-16-25(17-19-27)23-32-21-20-30-14-9-13-29-12-7-8-15-31(29)30/h7-26,32-33,35,42H,5-6,27-31H2,1-4H3;4-19,24,26H,3,20-23H2,1-2H3. The van der Waals surface area contributed by atoms with Crippen LogP contribution < -0.4 is 0 Å². The molecule has 6 atom stereocenters. The Kier molecular flexibility index (Phi) is 21.3. The Morgan fingerprint density at radius 3 is 1.11 bits per heavy atom. The van der Waals surface area contributed by atoms with Crippen molar-refractivity contribution < 1.29 is 9.47 Å². The molecule has 0 bridgehead atoms. The van der Waals surface area contributed by atoms with Gasteiger partial charge in [-0.25, -0.2) is 0 Å². The quantitative estimate of drug-likeness (QED) is 0.0531. The summed E-state index contributed by atoms with van der Waals surface area (Å²) in [5.41, 5.74) is 13.9. The number of rotatable bonds is 25. The SMILES string of the molecule is CCC(C)c1ccc(C(C)CC(CC(CC)c2ccccc2)c2ccc(COCCc3cccc4ccccc34)cc2)cc1.CCC(CC(C)c1ccc(COCCc2cccc3ccccc23)cc1)c1ccccc1. The molecule has 0 saturated heterocycles. The summed E-state index contributed by atoms with van der Waals surface area (Å²) in [4.78, 5) is 0. The smallest absolute Gasteiger partial charge is 0.0717 e. The van der Waals surface area contributed by atoms with E-state index in [1.54, 1.807) is 0 Å². The van der Waals surface area contributed by atoms with Gasteiger partial charge in [-0.1, -0.05) is 260 Å². The Labute approximate surface area is 457 Å². The molecule has 2 heteroatoms. The number of fused-ring (bicyclic) bond motifs is 2. The zero-order valence-electron chi connectivity index (χ0n) is 46.6. The van der Waals surface area contributed by atoms with Crippen molar-refractivity contribution >= 4 is 21.5 Å². The molecule has 76 heavy (non-hydrogen) atoms. The van der Waals surface area contributed by atoms with Gasteiger partial charge in [-0.2, -0.15) is 0 Å². The highest BCUT2D eigenvalue weighted by Gasteiger charge is 2.22. The van der Waals surface area contributed by atoms with E-state index < -0.39 is 0 Å². The third-order valence-electron chi connectivity index (χ3n) is 16.4. The summed E-state index contributed by atoms with van der Waals surface area (Å²) in [5.74, 6) is 3.31. The molecule has 0 saturated carbocycles. The van der Waals surface area contributed by atoms with E-state index in [9.17, 15) is 0 Å². The Morgan fingerprint density at radius 1 is 0.303 bits per heavy atom. The second-order valence-electron chi connectivity index (χ2n) is 21.6. The average Bonchev–Trinajstić information content (AvgIpc) is 3.48. The van der Waals surface area contributed by atoms with Gasteiger partial charge in [0.25, 0.3) is 0 Å². The van der Waals surface area contributed by atoms with Crippen LogP contribution in [0.25, 0.3) is 21.5 Å². The fraction of sp³-hybridized carbons (Fsp3) is 0.324. The number of benzene rings is 9. The van der Waals surface area contributed by atoms with Crippen LogP contribution in [0.3, 0.4) is 0 Å². The molecule has 0 heterocycles. The summed E-state index contributed by atoms with van der Waals surface area (Å²) in [6, 6.07) is 80.1. The lowest BCUT2D eigenvalue weighted by Gasteiger charge is -2.27. The molecule has 9 aromatic carbocycles. The van der Waals surface area contributed by atoms with Crippen molar-refractivity contribution in [2.45, 2.75) is 142 Å². The zero-order valence-corrected chi connectivity index (χ0v) is 46.6. The fourth-order valence-corrected chi connectivity index (χ4v) is 11.3. The minimum atomic E-state index is 0.491. The Morgan fingerprint density at radius 2 is 0.658 bits per heavy atom. The van der Waals surface area contributed by atoms with E-state index in [0.717, 1.165) is 45.3 Å². The van der Waals surface area contributed by atoms with Crippen LogP contribution in [0.1, 0.15) is 171 Å². The summed E-state index contributed by atoms with van der Waals surface area (Å²) >= 11 is 0. The number of hydrogen-bond acceptors (Lipinski definition) is 2. The van der Waals surface area contributed by atoms with Crippen LogP contribution in [0.4, 0.5) is 0 Å². The fourth-order valence-electron chi connectivity index (χ4n) is 11.3. The topological polar surface area (TPSA) is 18.5 Å². The molecule has 392 valence electrons. The molecule has 6 unspecified atom stereocenters. The van der Waals surface area contributed by atoms with E-state index in [1.165, 1.54) is 96.4 Å². The lowest BCUT2D eigenvalue weighted by Crippen LogP contribution is -2.10. The first-order valence-electron chi connectivity index (χ1n) is 28.8. The monoisotopic (exact) mass is 1000 g/mol. The van der Waals surface area contributed by atoms with E-state index in [1.807, 2.05) is 0 Å². The van der Waals surface area contributed by atoms with Gasteiger partial charge in [-0.15, -0.1) is 0 Å². The van der Waals surface area contributed by atoms with E-state index >= 15 is 0 Å². The maximum Gasteiger partial charge on any atom is 0.0717 e. The second kappa shape index (κ2) is 29.1. The first kappa shape index (κ1) is 55.6. The molecule has 0 amide bonds. The van der Waals surface area contributed by atoms with E-state index in [0.29, 0.717) is 48.7 Å². The van der Waals surface area contributed by atoms with Crippen molar-refractivity contribution in [2.24, 2.45) is 0 Å². The Balaban J connectivity index is 0.000000212. The normalized spacial score (nSPS) is 13.8. The molecule has 0 aliphatic heterocycles. The average molecular weight is 1010 g/mol. The van der Waals surface area contributed by atoms with Crippen LogP contribution in [0.2, 0.25) is 0 Å². The zero-order chi connectivity index (χ0) is 52.9. The molecule has 0 aromatic heterocycles. The molecular formula is C74H84O2. The van der Waals surface area contributed by atoms with Crippen LogP contribution in [-0.4, -0.2) is 13.2 Å². The predicted molar refractivity (Wildman–Crippen MR) is 325 cm³/mol. The summed E-state index contributed by atoms with van der Waals surface area (Å²) in [7, 11) is 0. The van der Waals surface area contributed by atoms with Crippen LogP contribution in [0.15, 0.2) is 218 Å². The van der Waals surface area contributed by atoms with Crippen molar-refractivity contribution in [3.05, 3.63) is 274 Å². The van der Waals surface area contributed by atoms with Crippen LogP contribution >= 0.6 is 0 Å². The minimum Gasteiger partial charge on any atom is -0.376 e. The van der Waals surface area contributed by atoms with Gasteiger partial charge in [-0.3, -0.25) is 0 Å². The van der Waals surface area contributed by atoms with Gasteiger partial charge in [0.15, 0.2) is 0 Å². The minimum absolute atomic E-state index is 0.491. The van der Waals surface area contributed by atoms with Crippen molar-refractivity contribution in [1.29, 1.82) is 0 Å². The van der Waals surface area contributed by atoms with Crippen molar-refractivity contribution in [1.82, 2.24) is 0 Å². The third-order valence-corrected chi connectivity index (χ3v) is 16.4. The lowest BCUT2D eigenvalue weighted by molar-refractivity contribution is 0.124. The highest BCUT2D eigenvalue weighted by atomic mass is 16.5. The van der Waals surface area contributed by atoms with Crippen molar-refractivity contribution in [2.75, 3.05) is 13.2 Å². The highest BCUT2D eigenvalue weighted by molar-refractivity contribution is 5.86. The Bertz CT molecular complexity index is 3060. The van der Waals surface area contributed by atoms with Gasteiger partial charge in [0.2, 0.25) is 0 Å². The largest absolute Gasteiger partial charge is 0.376 e. The van der Waals surface area contributed by atoms with Gasteiger partial charge < -0.3 is 9.47 Å². The summed E-state index contributed by atoms with van der Waals surface area (Å²) < 4.78 is 12.2. The van der Waals surface area contributed by atoms with Crippen LogP contribution in [-0.2, 0) is 35.5 Å². The number of hydrogen-bond donors (Lipinski definition) is 0. The van der Waals surface area contributed by atoms with Crippen molar-refractivity contribution in [3.8, 4) is 0 Å². The van der Waals surface area contributed by atoms with Gasteiger partial charge in [0, 0.05) is 0 Å². The summed E-state index contributed by atoms with van der Waals surface area (Å²) in [6.45, 7) is 16.8. The lowest BCUT2D eigenvalue weighted by atomic mass is 9.78. The second-order valence-corrected chi connectivity index (χ2v) is 21.6. The molecule has 0 aliphatic rings. The van der Waals surface area contributed by atoms with Gasteiger partial charge >= 0.3 is 0 Å². The molecule has 9 aromatic rings. The highest BCUT2D eigenvalue weighted by Crippen LogP contribution is 2.39. The van der Waals surface area contributed by atoms with Crippen LogP contribution in [0.5, 0.6) is 0 Å². The predicted octanol–water partition coefficient (Wildman–Crippen LogP) is 20.3. The molecule has 0 N–H and O–H groups in total. The van der Waals surface area contributed by atoms with Crippen molar-refractivity contribution in [3.63, 3.8) is 0 Å². The molecule has 2 nitrogen and oxygen atoms in total. The first-order valence-corrected chi connectivity index (χ1v) is 28.8. The maximum absolute atomic E-state index is 6.17. The van der Waals surface area contributed by atoms with Gasteiger partial charge in [0.05, 0.1) is 26.4 Å². The molecule has 0 fully saturated rings. The van der Waals surface area contributed by atoms with E-state index in [2.05, 4.69) is 260 Å². The Hall–Kier alpha value is -6.58. The van der Waals surface area contributed by atoms with E-state index in [-0.39, 0.29) is 0 Å². The van der Waals surface area contributed by atoms with Gasteiger partial charge in [0.1, 0.15) is 0 Å². The molecule has 0 spiro atoms. The number of ether oxygens (including phenoxy) is 2. The maximum atomic E-state index is 6.17. The van der Waals surface area contributed by atoms with Crippen LogP contribution in [0, 0.1) is 0 Å². The third kappa shape index (κ3) is 15.8. The van der Waals surface area contributed by atoms with Gasteiger partial charge in [-0.05, 0) is 164 Å². The summed E-state index contributed by atoms with van der Waals surface area (Å²) in [6.07, 6.45) is 8.87. The van der Waals surface area contributed by atoms with E-state index in [4.69, 9.17) is 9.47 Å².